The number of nitro benzene ring substituents is 1. The molecule has 94 valence electrons. The van der Waals surface area contributed by atoms with Crippen LogP contribution in [0, 0.1) is 10.1 Å². The van der Waals surface area contributed by atoms with Crippen molar-refractivity contribution < 1.29 is 4.92 Å². The van der Waals surface area contributed by atoms with E-state index in [1.54, 1.807) is 12.1 Å². The summed E-state index contributed by atoms with van der Waals surface area (Å²) in [5.41, 5.74) is 0.892. The Kier molecular flexibility index (Phi) is 6.36. The molecule has 1 N–H and O–H groups in total. The van der Waals surface area contributed by atoms with Crippen molar-refractivity contribution in [3.8, 4) is 0 Å². The smallest absolute Gasteiger partial charge is 0.271 e. The quantitative estimate of drug-likeness (QED) is 0.470. The molecule has 4 nitrogen and oxygen atoms in total. The monoisotopic (exact) mass is 318 g/mol. The lowest BCUT2D eigenvalue weighted by molar-refractivity contribution is -0.384. The van der Waals surface area contributed by atoms with Crippen LogP contribution in [0.1, 0.15) is 12.8 Å². The summed E-state index contributed by atoms with van der Waals surface area (Å²) in [6, 6.07) is 4.74. The molecule has 0 heterocycles. The summed E-state index contributed by atoms with van der Waals surface area (Å²) in [5, 5.41) is 13.8. The van der Waals surface area contributed by atoms with E-state index in [4.69, 9.17) is 0 Å². The first-order valence-corrected chi connectivity index (χ1v) is 7.50. The van der Waals surface area contributed by atoms with Crippen LogP contribution in [-0.2, 0) is 0 Å². The van der Waals surface area contributed by atoms with Gasteiger partial charge in [-0.3, -0.25) is 10.1 Å². The van der Waals surface area contributed by atoms with E-state index in [0.717, 1.165) is 35.3 Å². The molecule has 0 spiro atoms. The van der Waals surface area contributed by atoms with Crippen LogP contribution >= 0.6 is 27.7 Å². The van der Waals surface area contributed by atoms with Crippen molar-refractivity contribution in [2.24, 2.45) is 0 Å². The van der Waals surface area contributed by atoms with Crippen molar-refractivity contribution in [1.29, 1.82) is 0 Å². The average Bonchev–Trinajstić information content (AvgIpc) is 2.30. The molecule has 0 amide bonds. The van der Waals surface area contributed by atoms with E-state index in [1.807, 2.05) is 11.8 Å². The first-order valence-electron chi connectivity index (χ1n) is 5.32. The van der Waals surface area contributed by atoms with Gasteiger partial charge in [0.25, 0.3) is 5.69 Å². The van der Waals surface area contributed by atoms with Crippen LogP contribution in [0.5, 0.6) is 0 Å². The van der Waals surface area contributed by atoms with Gasteiger partial charge in [-0.15, -0.1) is 0 Å². The van der Waals surface area contributed by atoms with Gasteiger partial charge >= 0.3 is 0 Å². The van der Waals surface area contributed by atoms with Gasteiger partial charge in [-0.25, -0.2) is 0 Å². The lowest BCUT2D eigenvalue weighted by Crippen LogP contribution is -2.03. The van der Waals surface area contributed by atoms with Gasteiger partial charge in [0.1, 0.15) is 0 Å². The largest absolute Gasteiger partial charge is 0.384 e. The Morgan fingerprint density at radius 1 is 1.47 bits per heavy atom. The van der Waals surface area contributed by atoms with E-state index in [-0.39, 0.29) is 10.6 Å². The predicted octanol–water partition coefficient (Wildman–Crippen LogP) is 3.91. The van der Waals surface area contributed by atoms with Crippen molar-refractivity contribution in [3.63, 3.8) is 0 Å². The molecule has 6 heteroatoms. The number of benzene rings is 1. The fourth-order valence-corrected chi connectivity index (χ4v) is 2.24. The van der Waals surface area contributed by atoms with Gasteiger partial charge in [-0.2, -0.15) is 11.8 Å². The normalized spacial score (nSPS) is 10.2. The SMILES string of the molecule is CSCCCCNc1cc([N+](=O)[O-])ccc1Br. The molecule has 0 saturated carbocycles. The van der Waals surface area contributed by atoms with Gasteiger partial charge in [0, 0.05) is 23.2 Å². The van der Waals surface area contributed by atoms with E-state index < -0.39 is 0 Å². The third-order valence-corrected chi connectivity index (χ3v) is 3.64. The first-order chi connectivity index (χ1) is 8.15. The summed E-state index contributed by atoms with van der Waals surface area (Å²) in [6.07, 6.45) is 4.31. The number of halogens is 1. The molecule has 0 unspecified atom stereocenters. The lowest BCUT2D eigenvalue weighted by atomic mass is 10.2. The molecular weight excluding hydrogens is 304 g/mol. The summed E-state index contributed by atoms with van der Waals surface area (Å²) in [4.78, 5) is 10.3. The van der Waals surface area contributed by atoms with Gasteiger partial charge in [0.2, 0.25) is 0 Å². The molecule has 0 aliphatic rings. The molecule has 1 aromatic rings. The third-order valence-electron chi connectivity index (χ3n) is 2.25. The molecule has 0 bridgehead atoms. The first kappa shape index (κ1) is 14.3. The number of anilines is 1. The maximum absolute atomic E-state index is 10.6. The Morgan fingerprint density at radius 3 is 2.88 bits per heavy atom. The zero-order valence-corrected chi connectivity index (χ0v) is 12.0. The van der Waals surface area contributed by atoms with Crippen molar-refractivity contribution >= 4 is 39.1 Å². The second-order valence-electron chi connectivity index (χ2n) is 3.55. The number of nitro groups is 1. The van der Waals surface area contributed by atoms with Crippen LogP contribution in [0.15, 0.2) is 22.7 Å². The van der Waals surface area contributed by atoms with Gasteiger partial charge in [-0.05, 0) is 46.8 Å². The van der Waals surface area contributed by atoms with Crippen LogP contribution in [0.3, 0.4) is 0 Å². The van der Waals surface area contributed by atoms with Crippen molar-refractivity contribution in [3.05, 3.63) is 32.8 Å². The number of nitrogens with one attached hydrogen (secondary N) is 1. The van der Waals surface area contributed by atoms with Gasteiger partial charge in [0.15, 0.2) is 0 Å². The Morgan fingerprint density at radius 2 is 2.24 bits per heavy atom. The van der Waals surface area contributed by atoms with Crippen molar-refractivity contribution in [2.45, 2.75) is 12.8 Å². The summed E-state index contributed by atoms with van der Waals surface area (Å²) >= 11 is 5.20. The number of rotatable bonds is 7. The molecule has 17 heavy (non-hydrogen) atoms. The van der Waals surface area contributed by atoms with Crippen molar-refractivity contribution in [2.75, 3.05) is 23.9 Å². The highest BCUT2D eigenvalue weighted by Gasteiger charge is 2.08. The number of hydrogen-bond acceptors (Lipinski definition) is 4. The Hall–Kier alpha value is -0.750. The van der Waals surface area contributed by atoms with Crippen LogP contribution in [-0.4, -0.2) is 23.5 Å². The standard InChI is InChI=1S/C11H15BrN2O2S/c1-17-7-3-2-6-13-11-8-9(14(15)16)4-5-10(11)12/h4-5,8,13H,2-3,6-7H2,1H3. The summed E-state index contributed by atoms with van der Waals surface area (Å²) in [7, 11) is 0. The maximum Gasteiger partial charge on any atom is 0.271 e. The van der Waals surface area contributed by atoms with Crippen molar-refractivity contribution in [1.82, 2.24) is 0 Å². The zero-order chi connectivity index (χ0) is 12.7. The number of hydrogen-bond donors (Lipinski definition) is 1. The number of non-ortho nitro benzene ring substituents is 1. The average molecular weight is 319 g/mol. The summed E-state index contributed by atoms with van der Waals surface area (Å²) in [6.45, 7) is 0.834. The molecule has 0 saturated heterocycles. The zero-order valence-electron chi connectivity index (χ0n) is 9.61. The number of thioether (sulfide) groups is 1. The van der Waals surface area contributed by atoms with Gasteiger partial charge < -0.3 is 5.32 Å². The molecule has 1 rings (SSSR count). The second-order valence-corrected chi connectivity index (χ2v) is 5.39. The minimum absolute atomic E-state index is 0.111. The Bertz CT molecular complexity index is 388. The predicted molar refractivity (Wildman–Crippen MR) is 76.9 cm³/mol. The molecule has 0 radical (unpaired) electrons. The lowest BCUT2D eigenvalue weighted by Gasteiger charge is -2.07. The molecule has 0 aliphatic heterocycles. The molecule has 0 fully saturated rings. The Labute approximate surface area is 113 Å². The van der Waals surface area contributed by atoms with E-state index in [2.05, 4.69) is 27.5 Å². The molecule has 0 aromatic heterocycles. The highest BCUT2D eigenvalue weighted by molar-refractivity contribution is 9.10. The van der Waals surface area contributed by atoms with E-state index >= 15 is 0 Å². The van der Waals surface area contributed by atoms with Crippen LogP contribution in [0.4, 0.5) is 11.4 Å². The number of unbranched alkanes of at least 4 members (excludes halogenated alkanes) is 1. The van der Waals surface area contributed by atoms with E-state index in [0.29, 0.717) is 0 Å². The van der Waals surface area contributed by atoms with Crippen LogP contribution in [0.2, 0.25) is 0 Å². The van der Waals surface area contributed by atoms with Gasteiger partial charge in [-0.1, -0.05) is 0 Å². The summed E-state index contributed by atoms with van der Waals surface area (Å²) < 4.78 is 0.855. The fraction of sp³-hybridized carbons (Fsp3) is 0.455. The van der Waals surface area contributed by atoms with Crippen LogP contribution in [0.25, 0.3) is 0 Å². The molecular formula is C11H15BrN2O2S. The van der Waals surface area contributed by atoms with Crippen LogP contribution < -0.4 is 5.32 Å². The molecule has 1 aromatic carbocycles. The molecule has 0 aliphatic carbocycles. The summed E-state index contributed by atoms with van der Waals surface area (Å²) in [5.74, 6) is 1.15. The second kappa shape index (κ2) is 7.55. The van der Waals surface area contributed by atoms with E-state index in [1.165, 1.54) is 6.07 Å². The van der Waals surface area contributed by atoms with E-state index in [9.17, 15) is 10.1 Å². The third kappa shape index (κ3) is 4.95. The molecule has 0 atom stereocenters. The minimum Gasteiger partial charge on any atom is -0.384 e. The Balaban J connectivity index is 2.51. The fourth-order valence-electron chi connectivity index (χ4n) is 1.36. The minimum atomic E-state index is -0.384. The highest BCUT2D eigenvalue weighted by atomic mass is 79.9. The van der Waals surface area contributed by atoms with Gasteiger partial charge in [0.05, 0.1) is 10.6 Å². The maximum atomic E-state index is 10.6. The topological polar surface area (TPSA) is 55.2 Å². The highest BCUT2D eigenvalue weighted by Crippen LogP contribution is 2.27. The number of nitrogens with zero attached hydrogens (tertiary/aromatic N) is 1.